The third-order valence-electron chi connectivity index (χ3n) is 5.30. The number of aromatic nitrogens is 2. The first-order valence-corrected chi connectivity index (χ1v) is 8.60. The normalized spacial score (nSPS) is 21.7. The Kier molecular flexibility index (Phi) is 4.59. The summed E-state index contributed by atoms with van der Waals surface area (Å²) in [5.74, 6) is 0.0258. The van der Waals surface area contributed by atoms with Gasteiger partial charge in [-0.3, -0.25) is 9.69 Å². The quantitative estimate of drug-likeness (QED) is 0.860. The lowest BCUT2D eigenvalue weighted by atomic mass is 9.67. The zero-order valence-corrected chi connectivity index (χ0v) is 15.8. The molecule has 27 heavy (non-hydrogen) atoms. The van der Waals surface area contributed by atoms with Gasteiger partial charge in [0.05, 0.1) is 12.0 Å². The summed E-state index contributed by atoms with van der Waals surface area (Å²) < 4.78 is 14.8. The Morgan fingerprint density at radius 1 is 1.22 bits per heavy atom. The summed E-state index contributed by atoms with van der Waals surface area (Å²) in [6, 6.07) is 6.39. The van der Waals surface area contributed by atoms with E-state index in [2.05, 4.69) is 20.3 Å². The van der Waals surface area contributed by atoms with Crippen molar-refractivity contribution >= 4 is 17.6 Å². The number of halogens is 1. The van der Waals surface area contributed by atoms with Crippen molar-refractivity contribution in [3.63, 3.8) is 0 Å². The number of carbonyl (C=O) groups excluding carboxylic acids is 1. The van der Waals surface area contributed by atoms with Gasteiger partial charge in [-0.15, -0.1) is 0 Å². The maximum atomic E-state index is 14.8. The highest BCUT2D eigenvalue weighted by atomic mass is 19.1. The molecule has 2 heterocycles. The van der Waals surface area contributed by atoms with Gasteiger partial charge in [0.15, 0.2) is 5.96 Å². The predicted octanol–water partition coefficient (Wildman–Crippen LogP) is 2.26. The van der Waals surface area contributed by atoms with Crippen molar-refractivity contribution in [3.8, 4) is 0 Å². The van der Waals surface area contributed by atoms with E-state index in [1.807, 2.05) is 0 Å². The van der Waals surface area contributed by atoms with Crippen LogP contribution in [-0.2, 0) is 16.9 Å². The van der Waals surface area contributed by atoms with Gasteiger partial charge in [-0.05, 0) is 45.0 Å². The first kappa shape index (κ1) is 18.8. The number of anilines is 1. The molecule has 0 saturated carbocycles. The minimum Gasteiger partial charge on any atom is -0.378 e. The molecule has 0 fully saturated rings. The van der Waals surface area contributed by atoms with E-state index in [1.54, 1.807) is 58.4 Å². The van der Waals surface area contributed by atoms with Gasteiger partial charge in [0, 0.05) is 30.7 Å². The van der Waals surface area contributed by atoms with Gasteiger partial charge >= 0.3 is 0 Å². The lowest BCUT2D eigenvalue weighted by Crippen LogP contribution is -2.58. The van der Waals surface area contributed by atoms with E-state index in [9.17, 15) is 9.18 Å². The summed E-state index contributed by atoms with van der Waals surface area (Å²) >= 11 is 0. The number of rotatable bonds is 4. The topological polar surface area (TPSA) is 96.5 Å². The number of carbonyl (C=O) groups is 1. The maximum absolute atomic E-state index is 14.8. The Hall–Kier alpha value is -3.03. The molecule has 0 aliphatic carbocycles. The Morgan fingerprint density at radius 3 is 2.56 bits per heavy atom. The second kappa shape index (κ2) is 6.61. The van der Waals surface area contributed by atoms with E-state index < -0.39 is 16.8 Å². The molecular formula is C19H23FN6O. The van der Waals surface area contributed by atoms with Crippen molar-refractivity contribution in [2.24, 2.45) is 16.1 Å². The minimum absolute atomic E-state index is 0.0669. The summed E-state index contributed by atoms with van der Waals surface area (Å²) in [6.45, 7) is 5.62. The molecule has 3 rings (SSSR count). The Labute approximate surface area is 157 Å². The van der Waals surface area contributed by atoms with Gasteiger partial charge < -0.3 is 11.1 Å². The molecule has 7 nitrogen and oxygen atoms in total. The summed E-state index contributed by atoms with van der Waals surface area (Å²) in [5, 5.41) is 3.18. The van der Waals surface area contributed by atoms with Gasteiger partial charge in [-0.1, -0.05) is 0 Å². The largest absolute Gasteiger partial charge is 0.378 e. The van der Waals surface area contributed by atoms with E-state index in [-0.39, 0.29) is 11.9 Å². The van der Waals surface area contributed by atoms with Crippen LogP contribution in [0.1, 0.15) is 32.2 Å². The third-order valence-corrected chi connectivity index (χ3v) is 5.30. The number of guanidine groups is 1. The van der Waals surface area contributed by atoms with Crippen LogP contribution >= 0.6 is 0 Å². The molecule has 1 aromatic carbocycles. The molecule has 1 atom stereocenters. The van der Waals surface area contributed by atoms with Gasteiger partial charge in [0.2, 0.25) is 5.91 Å². The van der Waals surface area contributed by atoms with E-state index >= 15 is 0 Å². The van der Waals surface area contributed by atoms with E-state index in [4.69, 9.17) is 5.73 Å². The lowest BCUT2D eigenvalue weighted by molar-refractivity contribution is -0.140. The number of nitrogens with zero attached hydrogens (tertiary/aromatic N) is 4. The first-order valence-electron chi connectivity index (χ1n) is 8.60. The molecule has 3 N–H and O–H groups in total. The zero-order chi connectivity index (χ0) is 19.8. The lowest BCUT2D eigenvalue weighted by Gasteiger charge is -2.46. The molecule has 142 valence electrons. The number of nitrogens with one attached hydrogen (secondary N) is 1. The molecule has 1 aliphatic rings. The molecule has 0 spiro atoms. The van der Waals surface area contributed by atoms with Crippen molar-refractivity contribution in [2.45, 2.75) is 32.9 Å². The van der Waals surface area contributed by atoms with E-state index in [0.717, 1.165) is 0 Å². The number of hydrogen-bond acceptors (Lipinski definition) is 6. The van der Waals surface area contributed by atoms with Crippen LogP contribution in [0.3, 0.4) is 0 Å². The molecule has 0 unspecified atom stereocenters. The fraction of sp³-hybridized carbons (Fsp3) is 0.368. The molecule has 0 saturated heterocycles. The standard InChI is InChI=1S/C19H23FN6O/c1-18(2)16(27)26(4)17(21)25-19(18,3)13-10-12(6-7-14(13)20)24-11-15-22-8-5-9-23-15/h5-10,24H,11H2,1-4H3,(H2,21,25)/t19-/m1/s1. The fourth-order valence-electron chi connectivity index (χ4n) is 3.18. The van der Waals surface area contributed by atoms with Crippen molar-refractivity contribution in [3.05, 3.63) is 53.9 Å². The van der Waals surface area contributed by atoms with Crippen LogP contribution in [0.4, 0.5) is 10.1 Å². The number of hydrogen-bond donors (Lipinski definition) is 2. The molecule has 1 aliphatic heterocycles. The summed E-state index contributed by atoms with van der Waals surface area (Å²) in [6.07, 6.45) is 3.32. The monoisotopic (exact) mass is 370 g/mol. The number of benzene rings is 1. The minimum atomic E-state index is -1.15. The summed E-state index contributed by atoms with van der Waals surface area (Å²) in [7, 11) is 1.57. The van der Waals surface area contributed by atoms with Crippen molar-refractivity contribution in [2.75, 3.05) is 12.4 Å². The molecule has 0 radical (unpaired) electrons. The van der Waals surface area contributed by atoms with Gasteiger partial charge in [0.25, 0.3) is 0 Å². The van der Waals surface area contributed by atoms with Crippen LogP contribution in [0.15, 0.2) is 41.7 Å². The highest BCUT2D eigenvalue weighted by Gasteiger charge is 2.53. The second-order valence-electron chi connectivity index (χ2n) is 7.24. The van der Waals surface area contributed by atoms with Gasteiger partial charge in [-0.25, -0.2) is 19.4 Å². The zero-order valence-electron chi connectivity index (χ0n) is 15.8. The Bertz CT molecular complexity index is 898. The Morgan fingerprint density at radius 2 is 1.89 bits per heavy atom. The van der Waals surface area contributed by atoms with Crippen molar-refractivity contribution in [1.82, 2.24) is 14.9 Å². The number of amides is 1. The van der Waals surface area contributed by atoms with Crippen LogP contribution in [0, 0.1) is 11.2 Å². The summed E-state index contributed by atoms with van der Waals surface area (Å²) in [4.78, 5) is 26.9. The smallest absolute Gasteiger partial charge is 0.237 e. The molecule has 0 bridgehead atoms. The number of aliphatic imine (C=N–C) groups is 1. The van der Waals surface area contributed by atoms with Crippen molar-refractivity contribution in [1.29, 1.82) is 0 Å². The van der Waals surface area contributed by atoms with Crippen molar-refractivity contribution < 1.29 is 9.18 Å². The average Bonchev–Trinajstić information content (AvgIpc) is 2.65. The fourth-order valence-corrected chi connectivity index (χ4v) is 3.18. The third kappa shape index (κ3) is 3.11. The van der Waals surface area contributed by atoms with Crippen LogP contribution in [0.25, 0.3) is 0 Å². The number of nitrogens with two attached hydrogens (primary N) is 1. The highest BCUT2D eigenvalue weighted by molar-refractivity contribution is 6.01. The van der Waals surface area contributed by atoms with Gasteiger partial charge in [0.1, 0.15) is 17.2 Å². The van der Waals surface area contributed by atoms with Crippen LogP contribution in [0.2, 0.25) is 0 Å². The average molecular weight is 370 g/mol. The SMILES string of the molecule is CN1C(=O)C(C)(C)[C@@](C)(c2cc(NCc3ncccn3)ccc2F)N=C1N. The molecule has 2 aromatic rings. The summed E-state index contributed by atoms with van der Waals surface area (Å²) in [5.41, 5.74) is 4.78. The molecule has 1 aromatic heterocycles. The maximum Gasteiger partial charge on any atom is 0.237 e. The van der Waals surface area contributed by atoms with E-state index in [0.29, 0.717) is 23.6 Å². The van der Waals surface area contributed by atoms with E-state index in [1.165, 1.54) is 11.0 Å². The van der Waals surface area contributed by atoms with Crippen LogP contribution in [0.5, 0.6) is 0 Å². The second-order valence-corrected chi connectivity index (χ2v) is 7.24. The highest BCUT2D eigenvalue weighted by Crippen LogP contribution is 2.47. The first-order chi connectivity index (χ1) is 12.7. The Balaban J connectivity index is 1.99. The van der Waals surface area contributed by atoms with Crippen LogP contribution < -0.4 is 11.1 Å². The molecule has 8 heteroatoms. The van der Waals surface area contributed by atoms with Crippen LogP contribution in [-0.4, -0.2) is 33.8 Å². The predicted molar refractivity (Wildman–Crippen MR) is 101 cm³/mol. The van der Waals surface area contributed by atoms with Gasteiger partial charge in [-0.2, -0.15) is 0 Å². The molecular weight excluding hydrogens is 347 g/mol. The molecule has 1 amide bonds.